The molecule has 8 nitrogen and oxygen atoms in total. The summed E-state index contributed by atoms with van der Waals surface area (Å²) in [6.07, 6.45) is 1.12. The number of nitrogens with zero attached hydrogens (tertiary/aromatic N) is 3. The van der Waals surface area contributed by atoms with E-state index in [4.69, 9.17) is 10.5 Å². The minimum atomic E-state index is -1.75. The molecule has 0 amide bonds. The summed E-state index contributed by atoms with van der Waals surface area (Å²) in [6.45, 7) is 2.03. The highest BCUT2D eigenvalue weighted by atomic mass is 32.2. The van der Waals surface area contributed by atoms with Gasteiger partial charge in [0, 0.05) is 12.0 Å². The fourth-order valence-electron chi connectivity index (χ4n) is 3.71. The Labute approximate surface area is 193 Å². The first kappa shape index (κ1) is 23.0. The molecule has 0 saturated carbocycles. The van der Waals surface area contributed by atoms with E-state index in [1.165, 1.54) is 16.8 Å². The zero-order valence-corrected chi connectivity index (χ0v) is 18.6. The Morgan fingerprint density at radius 1 is 1.27 bits per heavy atom. The number of rotatable bonds is 7. The van der Waals surface area contributed by atoms with E-state index in [1.54, 1.807) is 6.92 Å². The lowest BCUT2D eigenvalue weighted by Crippen LogP contribution is -2.50. The molecule has 0 fully saturated rings. The van der Waals surface area contributed by atoms with Crippen molar-refractivity contribution >= 4 is 28.8 Å². The Morgan fingerprint density at radius 2 is 2.03 bits per heavy atom. The van der Waals surface area contributed by atoms with Gasteiger partial charge in [0.15, 0.2) is 0 Å². The molecule has 0 radical (unpaired) electrons. The van der Waals surface area contributed by atoms with Crippen molar-refractivity contribution in [2.24, 2.45) is 15.9 Å². The largest absolute Gasteiger partial charge is 0.477 e. The fraction of sp³-hybridized carbons (Fsp3) is 0.318. The second-order valence-electron chi connectivity index (χ2n) is 7.58. The van der Waals surface area contributed by atoms with Gasteiger partial charge in [-0.1, -0.05) is 49.0 Å². The van der Waals surface area contributed by atoms with Crippen molar-refractivity contribution in [1.29, 1.82) is 0 Å². The van der Waals surface area contributed by atoms with Gasteiger partial charge in [0.25, 0.3) is 5.72 Å². The average Bonchev–Trinajstić information content (AvgIpc) is 3.43. The standard InChI is InChI=1S/C22H23F2N5O3S/c1-2-21(19(30)31)28-26-20(32-21)29-22(11-6-12-25,14-7-4-3-5-8-14)33-18(27-29)16-13-15(23)9-10-17(16)24/h3-5,7-10,13,28H,2,6,11-12,25H2,1H3,(H,30,31). The fourth-order valence-corrected chi connectivity index (χ4v) is 5.12. The van der Waals surface area contributed by atoms with Gasteiger partial charge in [-0.05, 0) is 43.1 Å². The molecule has 4 rings (SSSR count). The van der Waals surface area contributed by atoms with E-state index in [9.17, 15) is 18.7 Å². The topological polar surface area (TPSA) is 113 Å². The molecule has 0 spiro atoms. The zero-order valence-electron chi connectivity index (χ0n) is 17.8. The van der Waals surface area contributed by atoms with Crippen LogP contribution in [0.2, 0.25) is 0 Å². The lowest BCUT2D eigenvalue weighted by atomic mass is 10.0. The van der Waals surface area contributed by atoms with E-state index in [-0.39, 0.29) is 23.0 Å². The van der Waals surface area contributed by atoms with Crippen LogP contribution in [-0.2, 0) is 14.4 Å². The first-order valence-corrected chi connectivity index (χ1v) is 11.2. The van der Waals surface area contributed by atoms with E-state index in [2.05, 4.69) is 15.6 Å². The van der Waals surface area contributed by atoms with Crippen LogP contribution < -0.4 is 11.2 Å². The summed E-state index contributed by atoms with van der Waals surface area (Å²) >= 11 is 1.22. The lowest BCUT2D eigenvalue weighted by molar-refractivity contribution is -0.159. The van der Waals surface area contributed by atoms with Crippen molar-refractivity contribution in [3.05, 3.63) is 71.3 Å². The number of carboxylic acids is 1. The molecule has 11 heteroatoms. The lowest BCUT2D eigenvalue weighted by Gasteiger charge is -2.36. The van der Waals surface area contributed by atoms with Gasteiger partial charge in [-0.3, -0.25) is 5.43 Å². The highest BCUT2D eigenvalue weighted by molar-refractivity contribution is 8.15. The van der Waals surface area contributed by atoms with Crippen molar-refractivity contribution in [3.8, 4) is 0 Å². The third-order valence-corrected chi connectivity index (χ3v) is 6.97. The number of carboxylic acid groups (broad SMARTS) is 1. The average molecular weight is 476 g/mol. The summed E-state index contributed by atoms with van der Waals surface area (Å²) in [4.78, 5) is 10.9. The van der Waals surface area contributed by atoms with Crippen LogP contribution in [0.1, 0.15) is 37.3 Å². The smallest absolute Gasteiger partial charge is 0.371 e. The number of hydrogen-bond donors (Lipinski definition) is 3. The van der Waals surface area contributed by atoms with E-state index in [0.717, 1.165) is 23.8 Å². The predicted molar refractivity (Wildman–Crippen MR) is 121 cm³/mol. The van der Waals surface area contributed by atoms with Gasteiger partial charge in [0.2, 0.25) is 0 Å². The van der Waals surface area contributed by atoms with Gasteiger partial charge in [-0.25, -0.2) is 13.6 Å². The Balaban J connectivity index is 1.84. The highest BCUT2D eigenvalue weighted by Gasteiger charge is 2.53. The molecule has 0 aromatic heterocycles. The Bertz CT molecular complexity index is 1120. The van der Waals surface area contributed by atoms with E-state index in [1.807, 2.05) is 30.3 Å². The number of benzene rings is 2. The molecule has 33 heavy (non-hydrogen) atoms. The van der Waals surface area contributed by atoms with Crippen molar-refractivity contribution in [3.63, 3.8) is 0 Å². The van der Waals surface area contributed by atoms with Gasteiger partial charge in [-0.15, -0.1) is 5.10 Å². The molecule has 2 heterocycles. The van der Waals surface area contributed by atoms with E-state index < -0.39 is 28.2 Å². The monoisotopic (exact) mass is 475 g/mol. The Hall–Kier alpha value is -3.18. The molecule has 2 atom stereocenters. The number of amidine groups is 1. The molecule has 0 bridgehead atoms. The van der Waals surface area contributed by atoms with Gasteiger partial charge in [-0.2, -0.15) is 10.1 Å². The summed E-state index contributed by atoms with van der Waals surface area (Å²) in [7, 11) is 0. The Morgan fingerprint density at radius 3 is 2.67 bits per heavy atom. The summed E-state index contributed by atoms with van der Waals surface area (Å²) in [5.74, 6) is -2.47. The second-order valence-corrected chi connectivity index (χ2v) is 8.85. The molecule has 2 aromatic rings. The molecule has 0 aliphatic carbocycles. The third kappa shape index (κ3) is 4.02. The predicted octanol–water partition coefficient (Wildman–Crippen LogP) is 3.35. The van der Waals surface area contributed by atoms with Crippen LogP contribution in [0.3, 0.4) is 0 Å². The molecular formula is C22H23F2N5O3S. The van der Waals surface area contributed by atoms with Crippen molar-refractivity contribution in [1.82, 2.24) is 10.4 Å². The van der Waals surface area contributed by atoms with Crippen LogP contribution >= 0.6 is 11.8 Å². The summed E-state index contributed by atoms with van der Waals surface area (Å²) in [6, 6.07) is 12.4. The zero-order chi connectivity index (χ0) is 23.6. The quantitative estimate of drug-likeness (QED) is 0.563. The number of nitrogens with two attached hydrogens (primary N) is 1. The van der Waals surface area contributed by atoms with Crippen LogP contribution in [0.25, 0.3) is 0 Å². The summed E-state index contributed by atoms with van der Waals surface area (Å²) < 4.78 is 34.4. The molecule has 0 saturated heterocycles. The van der Waals surface area contributed by atoms with E-state index >= 15 is 0 Å². The van der Waals surface area contributed by atoms with Gasteiger partial charge in [0.1, 0.15) is 21.5 Å². The highest BCUT2D eigenvalue weighted by Crippen LogP contribution is 2.51. The van der Waals surface area contributed by atoms with Crippen molar-refractivity contribution in [2.45, 2.75) is 36.8 Å². The van der Waals surface area contributed by atoms with Gasteiger partial charge in [0.05, 0.1) is 0 Å². The first-order valence-electron chi connectivity index (χ1n) is 10.4. The van der Waals surface area contributed by atoms with Crippen LogP contribution in [-0.4, -0.2) is 39.4 Å². The summed E-state index contributed by atoms with van der Waals surface area (Å²) in [5, 5.41) is 20.0. The maximum atomic E-state index is 14.7. The molecule has 2 aromatic carbocycles. The van der Waals surface area contributed by atoms with E-state index in [0.29, 0.717) is 19.4 Å². The maximum absolute atomic E-state index is 14.7. The number of hydrazone groups is 2. The van der Waals surface area contributed by atoms with Crippen molar-refractivity contribution in [2.75, 3.05) is 6.54 Å². The SMILES string of the molecule is CCC1(C(=O)O)NN=C(N2N=C(c3cc(F)ccc3F)SC2(CCCN)c2ccccc2)O1. The Kier molecular flexibility index (Phi) is 6.26. The third-order valence-electron chi connectivity index (χ3n) is 5.52. The number of hydrogen-bond acceptors (Lipinski definition) is 8. The minimum absolute atomic E-state index is 0.0119. The maximum Gasteiger partial charge on any atom is 0.371 e. The number of halogens is 2. The molecule has 174 valence electrons. The molecular weight excluding hydrogens is 452 g/mol. The first-order chi connectivity index (χ1) is 15.8. The number of thioether (sulfide) groups is 1. The summed E-state index contributed by atoms with van der Waals surface area (Å²) in [5.41, 5.74) is 7.40. The second kappa shape index (κ2) is 8.99. The van der Waals surface area contributed by atoms with Crippen molar-refractivity contribution < 1.29 is 23.4 Å². The minimum Gasteiger partial charge on any atom is -0.477 e. The van der Waals surface area contributed by atoms with Crippen LogP contribution in [0.5, 0.6) is 0 Å². The molecule has 2 unspecified atom stereocenters. The number of aliphatic carboxylic acids is 1. The molecule has 2 aliphatic rings. The normalized spacial score (nSPS) is 24.2. The number of carbonyl (C=O) groups is 1. The molecule has 2 aliphatic heterocycles. The van der Waals surface area contributed by atoms with Gasteiger partial charge < -0.3 is 15.6 Å². The van der Waals surface area contributed by atoms with Gasteiger partial charge >= 0.3 is 12.0 Å². The number of ether oxygens (including phenoxy) is 1. The van der Waals surface area contributed by atoms with Crippen LogP contribution in [0, 0.1) is 11.6 Å². The number of nitrogens with one attached hydrogen (secondary N) is 1. The van der Waals surface area contributed by atoms with Crippen LogP contribution in [0.15, 0.2) is 58.7 Å². The van der Waals surface area contributed by atoms with Crippen LogP contribution in [0.4, 0.5) is 8.78 Å². The molecule has 4 N–H and O–H groups in total.